The van der Waals surface area contributed by atoms with E-state index >= 15 is 0 Å². The van der Waals surface area contributed by atoms with Crippen LogP contribution in [0, 0.1) is 11.3 Å². The second-order valence-corrected chi connectivity index (χ2v) is 3.90. The van der Waals surface area contributed by atoms with Crippen molar-refractivity contribution in [3.63, 3.8) is 0 Å². The van der Waals surface area contributed by atoms with Gasteiger partial charge in [0.2, 0.25) is 5.91 Å². The Balaban J connectivity index is 1.75. The minimum absolute atomic E-state index is 0.124. The Bertz CT molecular complexity index is 568. The van der Waals surface area contributed by atoms with Crippen molar-refractivity contribution in [3.05, 3.63) is 54.0 Å². The molecule has 1 aromatic heterocycles. The molecule has 2 rings (SSSR count). The Morgan fingerprint density at radius 3 is 2.68 bits per heavy atom. The number of nitrogens with zero attached hydrogens (tertiary/aromatic N) is 1. The zero-order valence-corrected chi connectivity index (χ0v) is 10.2. The molecule has 2 aromatic rings. The van der Waals surface area contributed by atoms with Gasteiger partial charge in [0.1, 0.15) is 5.76 Å². The summed E-state index contributed by atoms with van der Waals surface area (Å²) in [4.78, 5) is 11.6. The van der Waals surface area contributed by atoms with Gasteiger partial charge in [-0.25, -0.2) is 0 Å². The standard InChI is InChI=1S/C14H13N3O2/c15-8-11-3-5-12(6-4-11)16-10-14(18)17-9-13-2-1-7-19-13/h1-7,16H,9-10H2,(H,17,18). The third-order valence-corrected chi connectivity index (χ3v) is 2.51. The first kappa shape index (κ1) is 12.7. The maximum absolute atomic E-state index is 11.6. The van der Waals surface area contributed by atoms with Crippen LogP contribution in [0.5, 0.6) is 0 Å². The van der Waals surface area contributed by atoms with Gasteiger partial charge in [-0.2, -0.15) is 5.26 Å². The molecule has 0 atom stereocenters. The van der Waals surface area contributed by atoms with Crippen LogP contribution in [0.4, 0.5) is 5.69 Å². The fraction of sp³-hybridized carbons (Fsp3) is 0.143. The maximum Gasteiger partial charge on any atom is 0.239 e. The number of hydrogen-bond acceptors (Lipinski definition) is 4. The Hall–Kier alpha value is -2.74. The number of nitrogens with one attached hydrogen (secondary N) is 2. The summed E-state index contributed by atoms with van der Waals surface area (Å²) >= 11 is 0. The van der Waals surface area contributed by atoms with Gasteiger partial charge in [-0.1, -0.05) is 0 Å². The number of benzene rings is 1. The van der Waals surface area contributed by atoms with Crippen LogP contribution in [0.1, 0.15) is 11.3 Å². The molecule has 1 heterocycles. The van der Waals surface area contributed by atoms with Crippen LogP contribution in [0.15, 0.2) is 47.1 Å². The summed E-state index contributed by atoms with van der Waals surface area (Å²) < 4.78 is 5.11. The normalized spacial score (nSPS) is 9.63. The molecule has 5 heteroatoms. The van der Waals surface area contributed by atoms with E-state index in [0.29, 0.717) is 17.9 Å². The molecule has 0 aliphatic rings. The molecule has 0 bridgehead atoms. The van der Waals surface area contributed by atoms with E-state index in [1.165, 1.54) is 0 Å². The van der Waals surface area contributed by atoms with E-state index in [2.05, 4.69) is 10.6 Å². The van der Waals surface area contributed by atoms with Crippen LogP contribution in [-0.2, 0) is 11.3 Å². The molecule has 5 nitrogen and oxygen atoms in total. The van der Waals surface area contributed by atoms with Gasteiger partial charge in [-0.05, 0) is 36.4 Å². The number of rotatable bonds is 5. The molecule has 0 saturated carbocycles. The largest absolute Gasteiger partial charge is 0.467 e. The van der Waals surface area contributed by atoms with Crippen molar-refractivity contribution in [1.82, 2.24) is 5.32 Å². The monoisotopic (exact) mass is 255 g/mol. The highest BCUT2D eigenvalue weighted by Gasteiger charge is 2.02. The lowest BCUT2D eigenvalue weighted by atomic mass is 10.2. The minimum Gasteiger partial charge on any atom is -0.467 e. The van der Waals surface area contributed by atoms with Crippen LogP contribution in [-0.4, -0.2) is 12.5 Å². The third-order valence-electron chi connectivity index (χ3n) is 2.51. The molecule has 0 saturated heterocycles. The van der Waals surface area contributed by atoms with Crippen molar-refractivity contribution < 1.29 is 9.21 Å². The molecule has 19 heavy (non-hydrogen) atoms. The van der Waals surface area contributed by atoms with Gasteiger partial charge < -0.3 is 15.1 Å². The van der Waals surface area contributed by atoms with Gasteiger partial charge in [0.15, 0.2) is 0 Å². The predicted molar refractivity (Wildman–Crippen MR) is 70.2 cm³/mol. The van der Waals surface area contributed by atoms with E-state index in [-0.39, 0.29) is 12.5 Å². The SMILES string of the molecule is N#Cc1ccc(NCC(=O)NCc2ccco2)cc1. The van der Waals surface area contributed by atoms with Crippen molar-refractivity contribution in [3.8, 4) is 6.07 Å². The molecule has 0 fully saturated rings. The molecule has 1 amide bonds. The molecule has 1 aromatic carbocycles. The highest BCUT2D eigenvalue weighted by atomic mass is 16.3. The molecular weight excluding hydrogens is 242 g/mol. The van der Waals surface area contributed by atoms with Crippen LogP contribution in [0.3, 0.4) is 0 Å². The summed E-state index contributed by atoms with van der Waals surface area (Å²) in [5.41, 5.74) is 1.39. The van der Waals surface area contributed by atoms with Crippen LogP contribution < -0.4 is 10.6 Å². The first-order chi connectivity index (χ1) is 9.28. The second-order valence-electron chi connectivity index (χ2n) is 3.90. The quantitative estimate of drug-likeness (QED) is 0.855. The van der Waals surface area contributed by atoms with E-state index in [1.54, 1.807) is 42.7 Å². The lowest BCUT2D eigenvalue weighted by Crippen LogP contribution is -2.29. The van der Waals surface area contributed by atoms with Crippen molar-refractivity contribution >= 4 is 11.6 Å². The number of amides is 1. The number of carbonyl (C=O) groups is 1. The van der Waals surface area contributed by atoms with Crippen molar-refractivity contribution in [2.45, 2.75) is 6.54 Å². The third kappa shape index (κ3) is 3.89. The fourth-order valence-electron chi connectivity index (χ4n) is 1.51. The van der Waals surface area contributed by atoms with E-state index in [1.807, 2.05) is 6.07 Å². The second kappa shape index (κ2) is 6.26. The van der Waals surface area contributed by atoms with Gasteiger partial charge >= 0.3 is 0 Å². The van der Waals surface area contributed by atoms with E-state index < -0.39 is 0 Å². The Morgan fingerprint density at radius 2 is 2.05 bits per heavy atom. The summed E-state index contributed by atoms with van der Waals surface area (Å²) in [6.07, 6.45) is 1.57. The minimum atomic E-state index is -0.124. The first-order valence-electron chi connectivity index (χ1n) is 5.81. The molecule has 0 aliphatic carbocycles. The number of furan rings is 1. The van der Waals surface area contributed by atoms with Gasteiger partial charge in [0.05, 0.1) is 31.0 Å². The maximum atomic E-state index is 11.6. The number of hydrogen-bond donors (Lipinski definition) is 2. The van der Waals surface area contributed by atoms with Gasteiger partial charge in [0, 0.05) is 5.69 Å². The van der Waals surface area contributed by atoms with Crippen LogP contribution in [0.2, 0.25) is 0 Å². The molecule has 0 unspecified atom stereocenters. The van der Waals surface area contributed by atoms with Gasteiger partial charge in [-0.3, -0.25) is 4.79 Å². The summed E-state index contributed by atoms with van der Waals surface area (Å²) in [5, 5.41) is 14.4. The fourth-order valence-corrected chi connectivity index (χ4v) is 1.51. The summed E-state index contributed by atoms with van der Waals surface area (Å²) in [6, 6.07) is 12.5. The zero-order valence-electron chi connectivity index (χ0n) is 10.2. The Labute approximate surface area is 110 Å². The summed E-state index contributed by atoms with van der Waals surface area (Å²) in [6.45, 7) is 0.549. The molecule has 96 valence electrons. The van der Waals surface area contributed by atoms with Crippen LogP contribution in [0.25, 0.3) is 0 Å². The Morgan fingerprint density at radius 1 is 1.26 bits per heavy atom. The summed E-state index contributed by atoms with van der Waals surface area (Å²) in [5.74, 6) is 0.590. The zero-order chi connectivity index (χ0) is 13.5. The van der Waals surface area contributed by atoms with Crippen molar-refractivity contribution in [2.75, 3.05) is 11.9 Å². The first-order valence-corrected chi connectivity index (χ1v) is 5.81. The molecule has 0 spiro atoms. The van der Waals surface area contributed by atoms with Crippen LogP contribution >= 0.6 is 0 Å². The Kier molecular flexibility index (Phi) is 4.19. The highest BCUT2D eigenvalue weighted by molar-refractivity contribution is 5.80. The van der Waals surface area contributed by atoms with E-state index in [4.69, 9.17) is 9.68 Å². The predicted octanol–water partition coefficient (Wildman–Crippen LogP) is 1.88. The molecular formula is C14H13N3O2. The van der Waals surface area contributed by atoms with Crippen molar-refractivity contribution in [1.29, 1.82) is 5.26 Å². The van der Waals surface area contributed by atoms with Crippen molar-refractivity contribution in [2.24, 2.45) is 0 Å². The molecule has 0 radical (unpaired) electrons. The lowest BCUT2D eigenvalue weighted by molar-refractivity contribution is -0.119. The molecule has 2 N–H and O–H groups in total. The summed E-state index contributed by atoms with van der Waals surface area (Å²) in [7, 11) is 0. The average molecular weight is 255 g/mol. The smallest absolute Gasteiger partial charge is 0.239 e. The van der Waals surface area contributed by atoms with Gasteiger partial charge in [-0.15, -0.1) is 0 Å². The lowest BCUT2D eigenvalue weighted by Gasteiger charge is -2.06. The number of carbonyl (C=O) groups excluding carboxylic acids is 1. The van der Waals surface area contributed by atoms with E-state index in [0.717, 1.165) is 5.69 Å². The number of nitriles is 1. The van der Waals surface area contributed by atoms with Gasteiger partial charge in [0.25, 0.3) is 0 Å². The van der Waals surface area contributed by atoms with E-state index in [9.17, 15) is 4.79 Å². The number of anilines is 1. The molecule has 0 aliphatic heterocycles. The average Bonchev–Trinajstić information content (AvgIpc) is 2.96. The topological polar surface area (TPSA) is 78.1 Å². The highest BCUT2D eigenvalue weighted by Crippen LogP contribution is 2.08.